The van der Waals surface area contributed by atoms with Crippen molar-refractivity contribution in [3.63, 3.8) is 0 Å². The maximum atomic E-state index is 12.9. The van der Waals surface area contributed by atoms with Crippen molar-refractivity contribution in [2.45, 2.75) is 96.0 Å². The number of hydrogen-bond acceptors (Lipinski definition) is 2. The zero-order valence-electron chi connectivity index (χ0n) is 18.6. The second kappa shape index (κ2) is 12.3. The standard InChI is InChI=1S/C27H38FNO/c1-2-4-21-11-13-24(14-12-21)25-15-17-27(18-16-25)30-20-23-9-7-22(8-10-23)5-3-6-26(28)19-29/h6,11-14,22-23,25,27H,2-5,7-10,15-18,20H2,1H3/t22-,23-,25-,27-. The molecular weight excluding hydrogens is 373 g/mol. The molecule has 1 aromatic rings. The molecule has 0 aliphatic heterocycles. The van der Waals surface area contributed by atoms with Crippen LogP contribution in [0.1, 0.15) is 94.6 Å². The number of benzene rings is 1. The van der Waals surface area contributed by atoms with Crippen LogP contribution in [0, 0.1) is 23.2 Å². The minimum atomic E-state index is -0.639. The van der Waals surface area contributed by atoms with Gasteiger partial charge in [-0.05, 0) is 92.7 Å². The van der Waals surface area contributed by atoms with E-state index in [1.165, 1.54) is 81.4 Å². The molecule has 2 aliphatic carbocycles. The van der Waals surface area contributed by atoms with E-state index >= 15 is 0 Å². The number of allylic oxidation sites excluding steroid dienone is 2. The van der Waals surface area contributed by atoms with E-state index in [1.54, 1.807) is 6.07 Å². The van der Waals surface area contributed by atoms with Crippen LogP contribution in [0.2, 0.25) is 0 Å². The monoisotopic (exact) mass is 411 g/mol. The number of nitrogens with zero attached hydrogens (tertiary/aromatic N) is 1. The molecule has 3 rings (SSSR count). The van der Waals surface area contributed by atoms with E-state index in [9.17, 15) is 4.39 Å². The maximum absolute atomic E-state index is 12.9. The van der Waals surface area contributed by atoms with Gasteiger partial charge in [-0.1, -0.05) is 50.5 Å². The van der Waals surface area contributed by atoms with Gasteiger partial charge in [-0.25, -0.2) is 0 Å². The third-order valence-corrected chi connectivity index (χ3v) is 7.20. The lowest BCUT2D eigenvalue weighted by atomic mass is 9.80. The molecule has 0 heterocycles. The average Bonchev–Trinajstić information content (AvgIpc) is 2.79. The second-order valence-corrected chi connectivity index (χ2v) is 9.43. The number of rotatable bonds is 9. The zero-order chi connectivity index (χ0) is 21.2. The third kappa shape index (κ3) is 7.24. The Morgan fingerprint density at radius 3 is 2.33 bits per heavy atom. The van der Waals surface area contributed by atoms with Crippen LogP contribution in [0.15, 0.2) is 36.2 Å². The van der Waals surface area contributed by atoms with Gasteiger partial charge in [-0.15, -0.1) is 0 Å². The third-order valence-electron chi connectivity index (χ3n) is 7.20. The van der Waals surface area contributed by atoms with Crippen LogP contribution in [0.25, 0.3) is 0 Å². The number of nitriles is 1. The Labute approximate surface area is 182 Å². The summed E-state index contributed by atoms with van der Waals surface area (Å²) >= 11 is 0. The van der Waals surface area contributed by atoms with Crippen molar-refractivity contribution in [3.05, 3.63) is 47.3 Å². The lowest BCUT2D eigenvalue weighted by molar-refractivity contribution is -0.00474. The lowest BCUT2D eigenvalue weighted by Gasteiger charge is -2.32. The van der Waals surface area contributed by atoms with E-state index < -0.39 is 5.83 Å². The molecule has 0 unspecified atom stereocenters. The van der Waals surface area contributed by atoms with E-state index in [4.69, 9.17) is 10.00 Å². The summed E-state index contributed by atoms with van der Waals surface area (Å²) in [6, 6.07) is 10.9. The Bertz CT molecular complexity index is 689. The van der Waals surface area contributed by atoms with E-state index in [-0.39, 0.29) is 0 Å². The van der Waals surface area contributed by atoms with Gasteiger partial charge in [0.1, 0.15) is 6.07 Å². The van der Waals surface area contributed by atoms with Gasteiger partial charge in [0.05, 0.1) is 6.10 Å². The highest BCUT2D eigenvalue weighted by atomic mass is 19.1. The van der Waals surface area contributed by atoms with Gasteiger partial charge in [0.25, 0.3) is 0 Å². The molecule has 2 aliphatic rings. The molecule has 2 fully saturated rings. The molecule has 164 valence electrons. The van der Waals surface area contributed by atoms with Crippen molar-refractivity contribution in [2.75, 3.05) is 6.61 Å². The average molecular weight is 412 g/mol. The molecule has 0 amide bonds. The minimum Gasteiger partial charge on any atom is -0.378 e. The van der Waals surface area contributed by atoms with Crippen molar-refractivity contribution in [3.8, 4) is 6.07 Å². The maximum Gasteiger partial charge on any atom is 0.196 e. The Morgan fingerprint density at radius 1 is 1.03 bits per heavy atom. The fourth-order valence-corrected chi connectivity index (χ4v) is 5.26. The molecule has 0 atom stereocenters. The van der Waals surface area contributed by atoms with Gasteiger partial charge in [-0.3, -0.25) is 0 Å². The lowest BCUT2D eigenvalue weighted by Crippen LogP contribution is -2.25. The van der Waals surface area contributed by atoms with Gasteiger partial charge < -0.3 is 4.74 Å². The van der Waals surface area contributed by atoms with Crippen LogP contribution < -0.4 is 0 Å². The molecule has 0 bridgehead atoms. The zero-order valence-corrected chi connectivity index (χ0v) is 18.6. The summed E-state index contributed by atoms with van der Waals surface area (Å²) in [5, 5.41) is 8.47. The Hall–Kier alpha value is -1.66. The molecule has 0 aromatic heterocycles. The quantitative estimate of drug-likeness (QED) is 0.391. The molecule has 3 heteroatoms. The highest BCUT2D eigenvalue weighted by molar-refractivity contribution is 5.26. The second-order valence-electron chi connectivity index (χ2n) is 9.43. The first-order valence-corrected chi connectivity index (χ1v) is 12.1. The first-order chi connectivity index (χ1) is 14.7. The summed E-state index contributed by atoms with van der Waals surface area (Å²) in [6.45, 7) is 3.15. The van der Waals surface area contributed by atoms with Crippen LogP contribution >= 0.6 is 0 Å². The Balaban J connectivity index is 1.30. The summed E-state index contributed by atoms with van der Waals surface area (Å²) in [7, 11) is 0. The first kappa shape index (κ1) is 23.0. The molecule has 2 saturated carbocycles. The predicted molar refractivity (Wildman–Crippen MR) is 121 cm³/mol. The summed E-state index contributed by atoms with van der Waals surface area (Å²) in [4.78, 5) is 0. The van der Waals surface area contributed by atoms with Crippen LogP contribution in [-0.4, -0.2) is 12.7 Å². The van der Waals surface area contributed by atoms with Crippen LogP contribution in [-0.2, 0) is 11.2 Å². The van der Waals surface area contributed by atoms with Crippen LogP contribution in [0.5, 0.6) is 0 Å². The van der Waals surface area contributed by atoms with Crippen molar-refractivity contribution >= 4 is 0 Å². The molecule has 1 aromatic carbocycles. The number of ether oxygens (including phenoxy) is 1. The molecule has 0 radical (unpaired) electrons. The van der Waals surface area contributed by atoms with E-state index in [0.29, 0.717) is 30.3 Å². The SMILES string of the molecule is CCCc1ccc([C@H]2CC[C@H](OC[C@H]3CC[C@H](CCC=C(F)C#N)CC3)CC2)cc1. The summed E-state index contributed by atoms with van der Waals surface area (Å²) in [6.07, 6.45) is 15.7. The molecule has 0 saturated heterocycles. The molecule has 0 N–H and O–H groups in total. The molecule has 30 heavy (non-hydrogen) atoms. The van der Waals surface area contributed by atoms with Gasteiger partial charge in [0.15, 0.2) is 5.83 Å². The summed E-state index contributed by atoms with van der Waals surface area (Å²) in [5.74, 6) is 1.44. The largest absolute Gasteiger partial charge is 0.378 e. The number of halogens is 1. The number of aryl methyl sites for hydroxylation is 1. The van der Waals surface area contributed by atoms with E-state index in [0.717, 1.165) is 13.0 Å². The normalized spacial score (nSPS) is 27.6. The predicted octanol–water partition coefficient (Wildman–Crippen LogP) is 7.65. The van der Waals surface area contributed by atoms with E-state index in [2.05, 4.69) is 31.2 Å². The molecular formula is C27H38FNO. The van der Waals surface area contributed by atoms with Crippen molar-refractivity contribution in [1.82, 2.24) is 0 Å². The number of hydrogen-bond donors (Lipinski definition) is 0. The first-order valence-electron chi connectivity index (χ1n) is 12.1. The summed E-state index contributed by atoms with van der Waals surface area (Å²) in [5.41, 5.74) is 2.97. The van der Waals surface area contributed by atoms with Crippen LogP contribution in [0.4, 0.5) is 4.39 Å². The van der Waals surface area contributed by atoms with E-state index in [1.807, 2.05) is 0 Å². The minimum absolute atomic E-state index is 0.442. The van der Waals surface area contributed by atoms with Gasteiger partial charge in [0.2, 0.25) is 0 Å². The van der Waals surface area contributed by atoms with Crippen LogP contribution in [0.3, 0.4) is 0 Å². The smallest absolute Gasteiger partial charge is 0.196 e. The summed E-state index contributed by atoms with van der Waals surface area (Å²) < 4.78 is 19.2. The molecule has 0 spiro atoms. The fraction of sp³-hybridized carbons (Fsp3) is 0.667. The fourth-order valence-electron chi connectivity index (χ4n) is 5.26. The van der Waals surface area contributed by atoms with Gasteiger partial charge in [-0.2, -0.15) is 9.65 Å². The topological polar surface area (TPSA) is 33.0 Å². The molecule has 2 nitrogen and oxygen atoms in total. The Morgan fingerprint density at radius 2 is 1.70 bits per heavy atom. The van der Waals surface area contributed by atoms with Crippen molar-refractivity contribution in [2.24, 2.45) is 11.8 Å². The van der Waals surface area contributed by atoms with Gasteiger partial charge in [0, 0.05) is 6.61 Å². The highest BCUT2D eigenvalue weighted by Crippen LogP contribution is 2.36. The Kier molecular flexibility index (Phi) is 9.40. The van der Waals surface area contributed by atoms with Crippen molar-refractivity contribution in [1.29, 1.82) is 5.26 Å². The van der Waals surface area contributed by atoms with Crippen molar-refractivity contribution < 1.29 is 9.13 Å². The highest BCUT2D eigenvalue weighted by Gasteiger charge is 2.25. The van der Waals surface area contributed by atoms with Gasteiger partial charge >= 0.3 is 0 Å².